The summed E-state index contributed by atoms with van der Waals surface area (Å²) in [6, 6.07) is 8.30. The lowest BCUT2D eigenvalue weighted by molar-refractivity contribution is -0.459. The largest absolute Gasteiger partial charge is 0.478 e. The standard InChI is InChI=1S/C7H6O2.C4H10N/c8-7(9)6-4-2-1-3-5-6;1-4-5(2)3/h1-5H,(H,8,9);4H,1-3H3/q;+1. The number of carbonyl (C=O) groups is 1. The number of carboxylic acids is 1. The molecule has 0 spiro atoms. The number of hydrogen-bond donors (Lipinski definition) is 1. The molecule has 0 aliphatic rings. The molecule has 0 amide bonds. The number of nitrogens with zero attached hydrogens (tertiary/aromatic N) is 1. The molecule has 3 heteroatoms. The maximum Gasteiger partial charge on any atom is 0.335 e. The van der Waals surface area contributed by atoms with E-state index in [1.165, 1.54) is 0 Å². The first-order valence-corrected chi connectivity index (χ1v) is 4.32. The van der Waals surface area contributed by atoms with Crippen molar-refractivity contribution < 1.29 is 14.5 Å². The number of aromatic carboxylic acids is 1. The van der Waals surface area contributed by atoms with Crippen LogP contribution in [0.25, 0.3) is 0 Å². The maximum absolute atomic E-state index is 10.2. The first-order chi connectivity index (χ1) is 6.57. The molecule has 1 rings (SSSR count). The van der Waals surface area contributed by atoms with Gasteiger partial charge in [-0.15, -0.1) is 0 Å². The molecule has 0 aliphatic heterocycles. The smallest absolute Gasteiger partial charge is 0.335 e. The van der Waals surface area contributed by atoms with Crippen molar-refractivity contribution in [2.45, 2.75) is 6.92 Å². The number of carboxylic acid groups (broad SMARTS) is 1. The van der Waals surface area contributed by atoms with Crippen LogP contribution in [0.1, 0.15) is 17.3 Å². The second-order valence-electron chi connectivity index (χ2n) is 2.89. The molecule has 0 heterocycles. The van der Waals surface area contributed by atoms with Gasteiger partial charge in [-0.2, -0.15) is 0 Å². The molecular weight excluding hydrogens is 178 g/mol. The third kappa shape index (κ3) is 5.94. The molecule has 1 aromatic rings. The summed E-state index contributed by atoms with van der Waals surface area (Å²) in [7, 11) is 4.00. The highest BCUT2D eigenvalue weighted by molar-refractivity contribution is 5.87. The number of hydrogen-bond acceptors (Lipinski definition) is 1. The molecule has 0 unspecified atom stereocenters. The molecule has 0 aromatic heterocycles. The third-order valence-electron chi connectivity index (χ3n) is 1.54. The Morgan fingerprint density at radius 3 is 1.93 bits per heavy atom. The quantitative estimate of drug-likeness (QED) is 0.546. The van der Waals surface area contributed by atoms with Crippen LogP contribution in [0, 0.1) is 0 Å². The maximum atomic E-state index is 10.2. The lowest BCUT2D eigenvalue weighted by Gasteiger charge is -1.88. The third-order valence-corrected chi connectivity index (χ3v) is 1.54. The van der Waals surface area contributed by atoms with E-state index < -0.39 is 5.97 Å². The fraction of sp³-hybridized carbons (Fsp3) is 0.273. The van der Waals surface area contributed by atoms with Gasteiger partial charge < -0.3 is 5.11 Å². The van der Waals surface area contributed by atoms with E-state index in [0.29, 0.717) is 5.56 Å². The van der Waals surface area contributed by atoms with Gasteiger partial charge in [0.25, 0.3) is 0 Å². The zero-order valence-electron chi connectivity index (χ0n) is 8.77. The number of rotatable bonds is 1. The monoisotopic (exact) mass is 194 g/mol. The summed E-state index contributed by atoms with van der Waals surface area (Å²) < 4.78 is 2.00. The van der Waals surface area contributed by atoms with Crippen molar-refractivity contribution in [3.63, 3.8) is 0 Å². The van der Waals surface area contributed by atoms with Crippen molar-refractivity contribution in [1.82, 2.24) is 0 Å². The molecule has 0 bridgehead atoms. The minimum Gasteiger partial charge on any atom is -0.478 e. The van der Waals surface area contributed by atoms with Crippen LogP contribution < -0.4 is 0 Å². The van der Waals surface area contributed by atoms with Crippen LogP contribution in [0.15, 0.2) is 30.3 Å². The van der Waals surface area contributed by atoms with E-state index >= 15 is 0 Å². The molecule has 0 aliphatic carbocycles. The SMILES string of the molecule is CC=[N+](C)C.O=C(O)c1ccccc1. The first-order valence-electron chi connectivity index (χ1n) is 4.32. The Balaban J connectivity index is 0.000000292. The van der Waals surface area contributed by atoms with Gasteiger partial charge in [-0.05, 0) is 12.1 Å². The second-order valence-corrected chi connectivity index (χ2v) is 2.89. The normalized spacial score (nSPS) is 8.21. The van der Waals surface area contributed by atoms with Gasteiger partial charge in [0.15, 0.2) is 0 Å². The highest BCUT2D eigenvalue weighted by atomic mass is 16.4. The van der Waals surface area contributed by atoms with Crippen LogP contribution >= 0.6 is 0 Å². The summed E-state index contributed by atoms with van der Waals surface area (Å²) >= 11 is 0. The molecule has 0 saturated carbocycles. The Hall–Kier alpha value is -1.64. The van der Waals surface area contributed by atoms with E-state index in [1.54, 1.807) is 30.3 Å². The van der Waals surface area contributed by atoms with Crippen molar-refractivity contribution in [2.24, 2.45) is 0 Å². The predicted octanol–water partition coefficient (Wildman–Crippen LogP) is 1.73. The average Bonchev–Trinajstić information content (AvgIpc) is 2.20. The molecule has 0 atom stereocenters. The molecule has 3 nitrogen and oxygen atoms in total. The number of benzene rings is 1. The van der Waals surface area contributed by atoms with Gasteiger partial charge >= 0.3 is 5.97 Å². The fourth-order valence-corrected chi connectivity index (χ4v) is 0.581. The average molecular weight is 194 g/mol. The van der Waals surface area contributed by atoms with Crippen LogP contribution in [0.2, 0.25) is 0 Å². The van der Waals surface area contributed by atoms with E-state index in [9.17, 15) is 4.79 Å². The Kier molecular flexibility index (Phi) is 6.03. The minimum absolute atomic E-state index is 0.331. The second kappa shape index (κ2) is 6.83. The van der Waals surface area contributed by atoms with Gasteiger partial charge in [-0.3, -0.25) is 0 Å². The van der Waals surface area contributed by atoms with Gasteiger partial charge in [0, 0.05) is 6.92 Å². The summed E-state index contributed by atoms with van der Waals surface area (Å²) in [6.07, 6.45) is 2.00. The van der Waals surface area contributed by atoms with Crippen molar-refractivity contribution in [1.29, 1.82) is 0 Å². The Morgan fingerprint density at radius 1 is 1.29 bits per heavy atom. The summed E-state index contributed by atoms with van der Waals surface area (Å²) in [4.78, 5) is 10.2. The van der Waals surface area contributed by atoms with Crippen LogP contribution in [-0.4, -0.2) is 36.0 Å². The fourth-order valence-electron chi connectivity index (χ4n) is 0.581. The van der Waals surface area contributed by atoms with Crippen molar-refractivity contribution in [2.75, 3.05) is 14.1 Å². The Bertz CT molecular complexity index is 300. The van der Waals surface area contributed by atoms with Gasteiger partial charge in [0.2, 0.25) is 0 Å². The summed E-state index contributed by atoms with van der Waals surface area (Å²) in [5.41, 5.74) is 0.331. The van der Waals surface area contributed by atoms with Crippen LogP contribution in [0.5, 0.6) is 0 Å². The van der Waals surface area contributed by atoms with Crippen LogP contribution in [0.3, 0.4) is 0 Å². The summed E-state index contributed by atoms with van der Waals surface area (Å²) in [6.45, 7) is 2.00. The highest BCUT2D eigenvalue weighted by Gasteiger charge is 1.96. The Morgan fingerprint density at radius 2 is 1.71 bits per heavy atom. The van der Waals surface area contributed by atoms with Crippen LogP contribution in [0.4, 0.5) is 0 Å². The molecule has 14 heavy (non-hydrogen) atoms. The van der Waals surface area contributed by atoms with Gasteiger partial charge in [-0.25, -0.2) is 9.37 Å². The molecule has 0 radical (unpaired) electrons. The van der Waals surface area contributed by atoms with Gasteiger partial charge in [0.1, 0.15) is 20.3 Å². The van der Waals surface area contributed by atoms with Crippen molar-refractivity contribution >= 4 is 12.2 Å². The van der Waals surface area contributed by atoms with Crippen molar-refractivity contribution in [3.05, 3.63) is 35.9 Å². The van der Waals surface area contributed by atoms with Crippen molar-refractivity contribution in [3.8, 4) is 0 Å². The molecule has 76 valence electrons. The van der Waals surface area contributed by atoms with E-state index in [-0.39, 0.29) is 0 Å². The molecular formula is C11H16NO2+. The summed E-state index contributed by atoms with van der Waals surface area (Å²) in [5, 5.41) is 8.38. The lowest BCUT2D eigenvalue weighted by atomic mass is 10.2. The van der Waals surface area contributed by atoms with E-state index in [2.05, 4.69) is 0 Å². The van der Waals surface area contributed by atoms with E-state index in [4.69, 9.17) is 5.11 Å². The zero-order valence-corrected chi connectivity index (χ0v) is 8.77. The van der Waals surface area contributed by atoms with E-state index in [1.807, 2.05) is 31.8 Å². The molecule has 1 N–H and O–H groups in total. The molecule has 1 aromatic carbocycles. The highest BCUT2D eigenvalue weighted by Crippen LogP contribution is 1.96. The lowest BCUT2D eigenvalue weighted by Crippen LogP contribution is -1.93. The molecule has 0 saturated heterocycles. The van der Waals surface area contributed by atoms with Gasteiger partial charge in [0.05, 0.1) is 5.56 Å². The predicted molar refractivity (Wildman–Crippen MR) is 57.2 cm³/mol. The first kappa shape index (κ1) is 12.4. The topological polar surface area (TPSA) is 40.3 Å². The minimum atomic E-state index is -0.879. The van der Waals surface area contributed by atoms with E-state index in [0.717, 1.165) is 0 Å². The van der Waals surface area contributed by atoms with Gasteiger partial charge in [-0.1, -0.05) is 18.2 Å². The van der Waals surface area contributed by atoms with Crippen LogP contribution in [-0.2, 0) is 0 Å². The summed E-state index contributed by atoms with van der Waals surface area (Å²) in [5.74, 6) is -0.879. The molecule has 0 fully saturated rings. The zero-order chi connectivity index (χ0) is 11.0. The Labute approximate surface area is 84.3 Å².